The minimum absolute atomic E-state index is 0.0259. The second-order valence-electron chi connectivity index (χ2n) is 5.30. The fourth-order valence-electron chi connectivity index (χ4n) is 3.15. The highest BCUT2D eigenvalue weighted by Gasteiger charge is 2.31. The molecular weight excluding hydrogens is 240 g/mol. The lowest BCUT2D eigenvalue weighted by Gasteiger charge is -2.33. The molecule has 106 valence electrons. The summed E-state index contributed by atoms with van der Waals surface area (Å²) >= 11 is 0. The molecule has 1 aromatic rings. The van der Waals surface area contributed by atoms with Gasteiger partial charge in [-0.15, -0.1) is 0 Å². The molecule has 3 N–H and O–H groups in total. The molecule has 0 spiro atoms. The molecule has 0 aromatic carbocycles. The maximum atomic E-state index is 5.77. The summed E-state index contributed by atoms with van der Waals surface area (Å²) in [5, 5.41) is 0. The maximum Gasteiger partial charge on any atom is 0.237 e. The van der Waals surface area contributed by atoms with Crippen LogP contribution in [0, 0.1) is 11.8 Å². The van der Waals surface area contributed by atoms with Gasteiger partial charge < -0.3 is 4.74 Å². The molecule has 0 saturated heterocycles. The van der Waals surface area contributed by atoms with E-state index in [4.69, 9.17) is 10.6 Å². The highest BCUT2D eigenvalue weighted by atomic mass is 16.5. The van der Waals surface area contributed by atoms with Crippen molar-refractivity contribution in [1.82, 2.24) is 15.4 Å². The second kappa shape index (κ2) is 6.82. The van der Waals surface area contributed by atoms with Gasteiger partial charge in [0.1, 0.15) is 5.69 Å². The Balaban J connectivity index is 2.19. The van der Waals surface area contributed by atoms with Crippen LogP contribution in [0.25, 0.3) is 0 Å². The van der Waals surface area contributed by atoms with Crippen LogP contribution in [0.3, 0.4) is 0 Å². The predicted molar refractivity (Wildman–Crippen MR) is 74.4 cm³/mol. The number of aromatic nitrogens is 2. The van der Waals surface area contributed by atoms with Crippen molar-refractivity contribution in [2.45, 2.75) is 45.1 Å². The first-order chi connectivity index (χ1) is 9.30. The van der Waals surface area contributed by atoms with E-state index in [-0.39, 0.29) is 6.04 Å². The molecule has 0 bridgehead atoms. The van der Waals surface area contributed by atoms with E-state index in [0.717, 1.165) is 11.6 Å². The Morgan fingerprint density at radius 3 is 2.89 bits per heavy atom. The van der Waals surface area contributed by atoms with Crippen LogP contribution in [0.2, 0.25) is 0 Å². The van der Waals surface area contributed by atoms with Crippen molar-refractivity contribution in [2.75, 3.05) is 7.11 Å². The molecule has 0 radical (unpaired) electrons. The van der Waals surface area contributed by atoms with Crippen LogP contribution in [0.15, 0.2) is 12.4 Å². The molecule has 0 aliphatic heterocycles. The molecule has 1 aliphatic carbocycles. The minimum atomic E-state index is 0.0259. The van der Waals surface area contributed by atoms with Crippen molar-refractivity contribution in [3.8, 4) is 5.88 Å². The van der Waals surface area contributed by atoms with Crippen molar-refractivity contribution < 1.29 is 4.74 Å². The monoisotopic (exact) mass is 264 g/mol. The van der Waals surface area contributed by atoms with Crippen LogP contribution in [0.4, 0.5) is 0 Å². The molecule has 1 aliphatic rings. The number of hydrazine groups is 1. The standard InChI is InChI=1S/C14H24N4O/c1-3-10-5-4-6-11(9-10)12(18-15)13-14(19-2)17-8-7-16-13/h7-8,10-12,18H,3-6,9,15H2,1-2H3. The summed E-state index contributed by atoms with van der Waals surface area (Å²) < 4.78 is 5.30. The van der Waals surface area contributed by atoms with Gasteiger partial charge in [-0.1, -0.05) is 26.2 Å². The van der Waals surface area contributed by atoms with Crippen molar-refractivity contribution >= 4 is 0 Å². The molecule has 1 heterocycles. The van der Waals surface area contributed by atoms with Gasteiger partial charge in [0.15, 0.2) is 0 Å². The Hall–Kier alpha value is -1.20. The first-order valence-electron chi connectivity index (χ1n) is 7.11. The quantitative estimate of drug-likeness (QED) is 0.630. The highest BCUT2D eigenvalue weighted by molar-refractivity contribution is 5.22. The maximum absolute atomic E-state index is 5.77. The molecule has 19 heavy (non-hydrogen) atoms. The summed E-state index contributed by atoms with van der Waals surface area (Å²) in [6.45, 7) is 2.26. The van der Waals surface area contributed by atoms with E-state index in [1.54, 1.807) is 19.5 Å². The molecular formula is C14H24N4O. The van der Waals surface area contributed by atoms with E-state index in [2.05, 4.69) is 22.3 Å². The van der Waals surface area contributed by atoms with E-state index in [1.165, 1.54) is 32.1 Å². The SMILES string of the molecule is CCC1CCCC(C(NN)c2nccnc2OC)C1. The Bertz CT molecular complexity index is 399. The predicted octanol–water partition coefficient (Wildman–Crippen LogP) is 2.21. The fraction of sp³-hybridized carbons (Fsp3) is 0.714. The van der Waals surface area contributed by atoms with E-state index in [0.29, 0.717) is 11.8 Å². The van der Waals surface area contributed by atoms with E-state index >= 15 is 0 Å². The highest BCUT2D eigenvalue weighted by Crippen LogP contribution is 2.39. The normalized spacial score (nSPS) is 25.0. The minimum Gasteiger partial charge on any atom is -0.480 e. The molecule has 1 saturated carbocycles. The fourth-order valence-corrected chi connectivity index (χ4v) is 3.15. The summed E-state index contributed by atoms with van der Waals surface area (Å²) in [6, 6.07) is 0.0259. The molecule has 5 heteroatoms. The zero-order chi connectivity index (χ0) is 13.7. The van der Waals surface area contributed by atoms with Gasteiger partial charge in [-0.25, -0.2) is 4.98 Å². The number of ether oxygens (including phenoxy) is 1. The number of nitrogens with one attached hydrogen (secondary N) is 1. The summed E-state index contributed by atoms with van der Waals surface area (Å²) in [4.78, 5) is 8.64. The van der Waals surface area contributed by atoms with Crippen LogP contribution < -0.4 is 16.0 Å². The van der Waals surface area contributed by atoms with Crippen molar-refractivity contribution in [3.63, 3.8) is 0 Å². The molecule has 0 amide bonds. The van der Waals surface area contributed by atoms with Gasteiger partial charge in [-0.05, 0) is 24.7 Å². The van der Waals surface area contributed by atoms with Gasteiger partial charge in [0, 0.05) is 12.4 Å². The van der Waals surface area contributed by atoms with Crippen LogP contribution in [0.1, 0.15) is 50.8 Å². The molecule has 5 nitrogen and oxygen atoms in total. The summed E-state index contributed by atoms with van der Waals surface area (Å²) in [6.07, 6.45) is 9.57. The van der Waals surface area contributed by atoms with Crippen LogP contribution in [-0.2, 0) is 0 Å². The van der Waals surface area contributed by atoms with Crippen molar-refractivity contribution in [2.24, 2.45) is 17.7 Å². The first kappa shape index (κ1) is 14.2. The number of nitrogens with zero attached hydrogens (tertiary/aromatic N) is 2. The zero-order valence-corrected chi connectivity index (χ0v) is 11.8. The molecule has 3 unspecified atom stereocenters. The van der Waals surface area contributed by atoms with E-state index in [1.807, 2.05) is 0 Å². The average molecular weight is 264 g/mol. The Morgan fingerprint density at radius 1 is 1.42 bits per heavy atom. The van der Waals surface area contributed by atoms with E-state index in [9.17, 15) is 0 Å². The lowest BCUT2D eigenvalue weighted by Crippen LogP contribution is -2.36. The zero-order valence-electron chi connectivity index (χ0n) is 11.8. The Kier molecular flexibility index (Phi) is 5.10. The average Bonchev–Trinajstić information content (AvgIpc) is 2.49. The summed E-state index contributed by atoms with van der Waals surface area (Å²) in [5.74, 6) is 7.66. The first-order valence-corrected chi connectivity index (χ1v) is 7.11. The lowest BCUT2D eigenvalue weighted by atomic mass is 9.76. The number of rotatable bonds is 5. The van der Waals surface area contributed by atoms with Gasteiger partial charge in [0.25, 0.3) is 0 Å². The molecule has 3 atom stereocenters. The van der Waals surface area contributed by atoms with Gasteiger partial charge in [-0.3, -0.25) is 16.3 Å². The van der Waals surface area contributed by atoms with Crippen LogP contribution >= 0.6 is 0 Å². The van der Waals surface area contributed by atoms with Crippen molar-refractivity contribution in [1.29, 1.82) is 0 Å². The summed E-state index contributed by atoms with van der Waals surface area (Å²) in [7, 11) is 1.62. The lowest BCUT2D eigenvalue weighted by molar-refractivity contribution is 0.204. The van der Waals surface area contributed by atoms with E-state index < -0.39 is 0 Å². The number of hydrogen-bond donors (Lipinski definition) is 2. The molecule has 1 aromatic heterocycles. The van der Waals surface area contributed by atoms with Crippen molar-refractivity contribution in [3.05, 3.63) is 18.1 Å². The Labute approximate surface area is 114 Å². The third-order valence-corrected chi connectivity index (χ3v) is 4.23. The molecule has 2 rings (SSSR count). The number of methoxy groups -OCH3 is 1. The van der Waals surface area contributed by atoms with Crippen LogP contribution in [0.5, 0.6) is 5.88 Å². The van der Waals surface area contributed by atoms with Gasteiger partial charge >= 0.3 is 0 Å². The second-order valence-corrected chi connectivity index (χ2v) is 5.30. The van der Waals surface area contributed by atoms with Crippen LogP contribution in [-0.4, -0.2) is 17.1 Å². The topological polar surface area (TPSA) is 73.1 Å². The largest absolute Gasteiger partial charge is 0.480 e. The van der Waals surface area contributed by atoms with Gasteiger partial charge in [0.2, 0.25) is 5.88 Å². The molecule has 1 fully saturated rings. The third-order valence-electron chi connectivity index (χ3n) is 4.23. The van der Waals surface area contributed by atoms with Gasteiger partial charge in [0.05, 0.1) is 13.2 Å². The van der Waals surface area contributed by atoms with Gasteiger partial charge in [-0.2, -0.15) is 0 Å². The number of hydrogen-bond acceptors (Lipinski definition) is 5. The third kappa shape index (κ3) is 3.22. The number of nitrogens with two attached hydrogens (primary N) is 1. The smallest absolute Gasteiger partial charge is 0.237 e. The summed E-state index contributed by atoms with van der Waals surface area (Å²) in [5.41, 5.74) is 3.75. The Morgan fingerprint density at radius 2 is 2.21 bits per heavy atom.